The van der Waals surface area contributed by atoms with E-state index >= 15 is 0 Å². The van der Waals surface area contributed by atoms with E-state index in [-0.39, 0.29) is 21.8 Å². The number of rotatable bonds is 2. The molecule has 2 heterocycles. The van der Waals surface area contributed by atoms with Crippen LogP contribution in [0.5, 0.6) is 0 Å². The fourth-order valence-corrected chi connectivity index (χ4v) is 3.86. The summed E-state index contributed by atoms with van der Waals surface area (Å²) in [6.45, 7) is 1.56. The van der Waals surface area contributed by atoms with Gasteiger partial charge in [-0.15, -0.1) is 0 Å². The number of hydrogen-bond donors (Lipinski definition) is 2. The lowest BCUT2D eigenvalue weighted by Crippen LogP contribution is -2.25. The number of amides is 1. The molecular formula is C15H13F2N3O3S. The van der Waals surface area contributed by atoms with Crippen LogP contribution in [0.1, 0.15) is 23.0 Å². The number of nitrogens with zero attached hydrogens (tertiary/aromatic N) is 1. The topological polar surface area (TPSA) is 80.2 Å². The first-order valence-corrected chi connectivity index (χ1v) is 8.34. The second-order valence-electron chi connectivity index (χ2n) is 5.38. The number of fused-ring (bicyclic) bond motifs is 1. The highest BCUT2D eigenvalue weighted by Crippen LogP contribution is 2.29. The molecule has 0 radical (unpaired) electrons. The number of anilines is 1. The lowest BCUT2D eigenvalue weighted by atomic mass is 10.2. The van der Waals surface area contributed by atoms with E-state index in [1.807, 2.05) is 0 Å². The Morgan fingerprint density at radius 1 is 1.25 bits per heavy atom. The summed E-state index contributed by atoms with van der Waals surface area (Å²) in [6.07, 6.45) is 2.86. The Kier molecular flexibility index (Phi) is 3.67. The third kappa shape index (κ3) is 2.67. The van der Waals surface area contributed by atoms with Gasteiger partial charge >= 0.3 is 0 Å². The zero-order valence-corrected chi connectivity index (χ0v) is 13.5. The van der Waals surface area contributed by atoms with E-state index in [0.717, 1.165) is 12.1 Å². The van der Waals surface area contributed by atoms with Gasteiger partial charge in [0, 0.05) is 36.3 Å². The van der Waals surface area contributed by atoms with Crippen LogP contribution >= 0.6 is 0 Å². The summed E-state index contributed by atoms with van der Waals surface area (Å²) < 4.78 is 54.2. The first-order valence-electron chi connectivity index (χ1n) is 6.86. The van der Waals surface area contributed by atoms with Crippen LogP contribution in [0.2, 0.25) is 0 Å². The maximum absolute atomic E-state index is 13.2. The molecule has 0 saturated heterocycles. The molecule has 3 rings (SSSR count). The fraction of sp³-hybridized carbons (Fsp3) is 0.133. The molecule has 0 fully saturated rings. The van der Waals surface area contributed by atoms with E-state index in [2.05, 4.69) is 10.0 Å². The van der Waals surface area contributed by atoms with Crippen molar-refractivity contribution in [3.8, 4) is 0 Å². The fourth-order valence-electron chi connectivity index (χ4n) is 2.53. The molecular weight excluding hydrogens is 340 g/mol. The molecule has 0 atom stereocenters. The van der Waals surface area contributed by atoms with Crippen LogP contribution in [0.4, 0.5) is 14.5 Å². The van der Waals surface area contributed by atoms with Gasteiger partial charge in [0.1, 0.15) is 10.6 Å². The molecule has 126 valence electrons. The number of aromatic nitrogens is 1. The molecule has 9 heteroatoms. The standard InChI is InChI=1S/C15H13F2N3O3S/c1-8-5-10-13(24(22,23)19-8)7-20(2)14(10)15(21)18-9-3-4-11(16)12(17)6-9/h3-7,19H,1-2H3,(H,18,21). The normalized spacial score (nSPS) is 15.2. The van der Waals surface area contributed by atoms with Crippen LogP contribution < -0.4 is 10.0 Å². The highest BCUT2D eigenvalue weighted by Gasteiger charge is 2.30. The van der Waals surface area contributed by atoms with Crippen molar-refractivity contribution in [3.63, 3.8) is 0 Å². The van der Waals surface area contributed by atoms with Gasteiger partial charge in [-0.3, -0.25) is 9.52 Å². The third-order valence-corrected chi connectivity index (χ3v) is 5.02. The van der Waals surface area contributed by atoms with Gasteiger partial charge in [0.05, 0.1) is 0 Å². The van der Waals surface area contributed by atoms with E-state index in [1.165, 1.54) is 30.0 Å². The van der Waals surface area contributed by atoms with Crippen molar-refractivity contribution in [2.45, 2.75) is 11.8 Å². The number of aryl methyl sites for hydroxylation is 1. The van der Waals surface area contributed by atoms with Crippen LogP contribution in [0.15, 0.2) is 35.0 Å². The summed E-state index contributed by atoms with van der Waals surface area (Å²) in [5.74, 6) is -2.75. The van der Waals surface area contributed by atoms with Gasteiger partial charge in [0.15, 0.2) is 11.6 Å². The minimum absolute atomic E-state index is 0.0222. The highest BCUT2D eigenvalue weighted by atomic mass is 32.2. The summed E-state index contributed by atoms with van der Waals surface area (Å²) in [4.78, 5) is 12.5. The minimum Gasteiger partial charge on any atom is -0.345 e. The van der Waals surface area contributed by atoms with E-state index in [1.54, 1.807) is 6.92 Å². The molecule has 0 aliphatic carbocycles. The molecule has 1 aromatic heterocycles. The van der Waals surface area contributed by atoms with E-state index in [4.69, 9.17) is 0 Å². The van der Waals surface area contributed by atoms with Crippen molar-refractivity contribution >= 4 is 27.7 Å². The number of halogens is 2. The Hall–Kier alpha value is -2.68. The molecule has 0 saturated carbocycles. The number of carbonyl (C=O) groups is 1. The number of carbonyl (C=O) groups excluding carboxylic acids is 1. The summed E-state index contributed by atoms with van der Waals surface area (Å²) in [5.41, 5.74) is 0.773. The minimum atomic E-state index is -3.74. The van der Waals surface area contributed by atoms with Crippen molar-refractivity contribution in [2.24, 2.45) is 7.05 Å². The van der Waals surface area contributed by atoms with Crippen molar-refractivity contribution in [1.29, 1.82) is 0 Å². The van der Waals surface area contributed by atoms with Crippen molar-refractivity contribution in [2.75, 3.05) is 5.32 Å². The molecule has 0 unspecified atom stereocenters. The van der Waals surface area contributed by atoms with Gasteiger partial charge < -0.3 is 9.88 Å². The van der Waals surface area contributed by atoms with Gasteiger partial charge in [0.25, 0.3) is 15.9 Å². The molecule has 24 heavy (non-hydrogen) atoms. The molecule has 1 aliphatic rings. The zero-order valence-electron chi connectivity index (χ0n) is 12.7. The van der Waals surface area contributed by atoms with Gasteiger partial charge in [-0.1, -0.05) is 0 Å². The quantitative estimate of drug-likeness (QED) is 0.869. The lowest BCUT2D eigenvalue weighted by molar-refractivity contribution is 0.101. The average Bonchev–Trinajstić information content (AvgIpc) is 2.79. The first-order chi connectivity index (χ1) is 11.2. The number of nitrogens with one attached hydrogen (secondary N) is 2. The summed E-state index contributed by atoms with van der Waals surface area (Å²) in [6, 6.07) is 2.96. The van der Waals surface area contributed by atoms with Crippen LogP contribution in [-0.2, 0) is 17.1 Å². The van der Waals surface area contributed by atoms with Gasteiger partial charge in [0.2, 0.25) is 0 Å². The largest absolute Gasteiger partial charge is 0.345 e. The highest BCUT2D eigenvalue weighted by molar-refractivity contribution is 7.89. The molecule has 0 spiro atoms. The van der Waals surface area contributed by atoms with Crippen LogP contribution in [0.25, 0.3) is 6.08 Å². The second kappa shape index (κ2) is 5.45. The van der Waals surface area contributed by atoms with Crippen LogP contribution in [0, 0.1) is 11.6 Å². The maximum Gasteiger partial charge on any atom is 0.272 e. The average molecular weight is 353 g/mol. The zero-order chi connectivity index (χ0) is 17.6. The number of sulfonamides is 1. The van der Waals surface area contributed by atoms with E-state index in [0.29, 0.717) is 5.70 Å². The molecule has 0 bridgehead atoms. The lowest BCUT2D eigenvalue weighted by Gasteiger charge is -2.14. The van der Waals surface area contributed by atoms with Crippen molar-refractivity contribution < 1.29 is 22.0 Å². The Morgan fingerprint density at radius 3 is 2.62 bits per heavy atom. The van der Waals surface area contributed by atoms with Gasteiger partial charge in [-0.05, 0) is 25.1 Å². The van der Waals surface area contributed by atoms with Crippen LogP contribution in [-0.4, -0.2) is 18.9 Å². The molecule has 1 aliphatic heterocycles. The Bertz CT molecular complexity index is 994. The predicted molar refractivity (Wildman–Crippen MR) is 83.7 cm³/mol. The molecule has 2 N–H and O–H groups in total. The number of benzene rings is 1. The molecule has 1 aromatic carbocycles. The van der Waals surface area contributed by atoms with Crippen molar-refractivity contribution in [1.82, 2.24) is 9.29 Å². The smallest absolute Gasteiger partial charge is 0.272 e. The predicted octanol–water partition coefficient (Wildman–Crippen LogP) is 2.21. The Labute approximate surface area is 136 Å². The SMILES string of the molecule is CC1=Cc2c(cn(C)c2C(=O)Nc2ccc(F)c(F)c2)S(=O)(=O)N1. The third-order valence-electron chi connectivity index (χ3n) is 3.52. The Balaban J connectivity index is 2.03. The summed E-state index contributed by atoms with van der Waals surface area (Å²) in [7, 11) is -2.22. The molecule has 6 nitrogen and oxygen atoms in total. The first kappa shape index (κ1) is 16.2. The molecule has 2 aromatic rings. The van der Waals surface area contributed by atoms with E-state index in [9.17, 15) is 22.0 Å². The van der Waals surface area contributed by atoms with Gasteiger partial charge in [-0.2, -0.15) is 0 Å². The van der Waals surface area contributed by atoms with Crippen molar-refractivity contribution in [3.05, 3.63) is 53.0 Å². The summed E-state index contributed by atoms with van der Waals surface area (Å²) >= 11 is 0. The second-order valence-corrected chi connectivity index (χ2v) is 7.03. The summed E-state index contributed by atoms with van der Waals surface area (Å²) in [5, 5.41) is 2.43. The van der Waals surface area contributed by atoms with Crippen LogP contribution in [0.3, 0.4) is 0 Å². The number of allylic oxidation sites excluding steroid dienone is 1. The maximum atomic E-state index is 13.2. The Morgan fingerprint density at radius 2 is 1.96 bits per heavy atom. The number of hydrogen-bond acceptors (Lipinski definition) is 3. The van der Waals surface area contributed by atoms with Gasteiger partial charge in [-0.25, -0.2) is 17.2 Å². The molecule has 1 amide bonds. The monoisotopic (exact) mass is 353 g/mol. The van der Waals surface area contributed by atoms with E-state index < -0.39 is 27.6 Å².